The molecule has 0 aliphatic carbocycles. The van der Waals surface area contributed by atoms with Gasteiger partial charge in [-0.1, -0.05) is 0 Å². The number of aliphatic hydroxyl groups is 1. The average Bonchev–Trinajstić information content (AvgIpc) is 2.67. The van der Waals surface area contributed by atoms with Gasteiger partial charge in [-0.3, -0.25) is 0 Å². The van der Waals surface area contributed by atoms with Crippen LogP contribution in [0.25, 0.3) is 0 Å². The van der Waals surface area contributed by atoms with E-state index in [0.717, 1.165) is 13.0 Å². The number of rotatable bonds is 5. The van der Waals surface area contributed by atoms with Crippen LogP contribution in [0.3, 0.4) is 0 Å². The van der Waals surface area contributed by atoms with Crippen molar-refractivity contribution in [2.24, 2.45) is 11.7 Å². The quantitative estimate of drug-likeness (QED) is 0.576. The maximum absolute atomic E-state index is 11.1. The summed E-state index contributed by atoms with van der Waals surface area (Å²) in [4.78, 5) is 11.1. The van der Waals surface area contributed by atoms with E-state index in [2.05, 4.69) is 0 Å². The van der Waals surface area contributed by atoms with Crippen LogP contribution in [0.5, 0.6) is 0 Å². The number of esters is 1. The summed E-state index contributed by atoms with van der Waals surface area (Å²) >= 11 is 0. The number of carbonyl (C=O) groups excluding carboxylic acids is 1. The first kappa shape index (κ1) is 11.4. The highest BCUT2D eigenvalue weighted by molar-refractivity contribution is 5.74. The van der Waals surface area contributed by atoms with Gasteiger partial charge < -0.3 is 20.3 Å². The van der Waals surface area contributed by atoms with Gasteiger partial charge in [0.1, 0.15) is 0 Å². The van der Waals surface area contributed by atoms with E-state index in [1.807, 2.05) is 0 Å². The third-order valence-corrected chi connectivity index (χ3v) is 2.20. The standard InChI is InChI=1S/C9H17NO4/c10-3-1-8(11)9(12)14-6-7-2-4-13-5-7/h7-8,11H,1-6,10H2. The van der Waals surface area contributed by atoms with Gasteiger partial charge >= 0.3 is 5.97 Å². The number of hydrogen-bond acceptors (Lipinski definition) is 5. The molecule has 1 fully saturated rings. The Morgan fingerprint density at radius 3 is 3.07 bits per heavy atom. The molecule has 1 aliphatic rings. The first-order valence-electron chi connectivity index (χ1n) is 4.86. The first-order valence-corrected chi connectivity index (χ1v) is 4.86. The van der Waals surface area contributed by atoms with Crippen LogP contribution in [0.15, 0.2) is 0 Å². The number of ether oxygens (including phenoxy) is 2. The summed E-state index contributed by atoms with van der Waals surface area (Å²) < 4.78 is 10.0. The molecule has 2 atom stereocenters. The molecule has 0 bridgehead atoms. The van der Waals surface area contributed by atoms with E-state index in [0.29, 0.717) is 13.2 Å². The van der Waals surface area contributed by atoms with Crippen molar-refractivity contribution in [3.8, 4) is 0 Å². The third-order valence-electron chi connectivity index (χ3n) is 2.20. The fourth-order valence-corrected chi connectivity index (χ4v) is 1.29. The highest BCUT2D eigenvalue weighted by atomic mass is 16.5. The molecule has 0 aromatic carbocycles. The summed E-state index contributed by atoms with van der Waals surface area (Å²) in [5.74, 6) is -0.300. The Labute approximate surface area is 83.2 Å². The largest absolute Gasteiger partial charge is 0.463 e. The molecular formula is C9H17NO4. The lowest BCUT2D eigenvalue weighted by atomic mass is 10.1. The zero-order chi connectivity index (χ0) is 10.4. The molecule has 2 unspecified atom stereocenters. The summed E-state index contributed by atoms with van der Waals surface area (Å²) in [7, 11) is 0. The van der Waals surface area contributed by atoms with Gasteiger partial charge in [0, 0.05) is 12.5 Å². The zero-order valence-corrected chi connectivity index (χ0v) is 8.15. The molecule has 0 spiro atoms. The molecule has 1 saturated heterocycles. The summed E-state index contributed by atoms with van der Waals surface area (Å²) in [6.07, 6.45) is 0.0857. The summed E-state index contributed by atoms with van der Waals surface area (Å²) in [5, 5.41) is 9.21. The number of aliphatic hydroxyl groups excluding tert-OH is 1. The summed E-state index contributed by atoms with van der Waals surface area (Å²) in [6, 6.07) is 0. The smallest absolute Gasteiger partial charge is 0.335 e. The molecule has 0 amide bonds. The zero-order valence-electron chi connectivity index (χ0n) is 8.15. The summed E-state index contributed by atoms with van der Waals surface area (Å²) in [6.45, 7) is 1.98. The first-order chi connectivity index (χ1) is 6.74. The van der Waals surface area contributed by atoms with E-state index >= 15 is 0 Å². The van der Waals surface area contributed by atoms with Crippen LogP contribution in [-0.2, 0) is 14.3 Å². The molecule has 82 valence electrons. The number of carbonyl (C=O) groups is 1. The minimum Gasteiger partial charge on any atom is -0.463 e. The normalized spacial score (nSPS) is 23.4. The van der Waals surface area contributed by atoms with Gasteiger partial charge in [0.05, 0.1) is 13.2 Å². The second-order valence-corrected chi connectivity index (χ2v) is 3.45. The molecule has 1 rings (SSSR count). The molecule has 0 aromatic heterocycles. The molecule has 5 nitrogen and oxygen atoms in total. The van der Waals surface area contributed by atoms with Crippen molar-refractivity contribution in [2.75, 3.05) is 26.4 Å². The molecule has 0 saturated carbocycles. The van der Waals surface area contributed by atoms with Gasteiger partial charge in [-0.25, -0.2) is 4.79 Å². The third kappa shape index (κ3) is 3.61. The van der Waals surface area contributed by atoms with E-state index in [-0.39, 0.29) is 18.9 Å². The van der Waals surface area contributed by atoms with Gasteiger partial charge in [-0.05, 0) is 19.4 Å². The van der Waals surface area contributed by atoms with Crippen LogP contribution < -0.4 is 5.73 Å². The van der Waals surface area contributed by atoms with Gasteiger partial charge in [0.25, 0.3) is 0 Å². The van der Waals surface area contributed by atoms with Crippen LogP contribution in [0.1, 0.15) is 12.8 Å². The molecular weight excluding hydrogens is 186 g/mol. The second-order valence-electron chi connectivity index (χ2n) is 3.45. The van der Waals surface area contributed by atoms with Crippen molar-refractivity contribution in [3.63, 3.8) is 0 Å². The highest BCUT2D eigenvalue weighted by Gasteiger charge is 2.20. The van der Waals surface area contributed by atoms with Gasteiger partial charge in [-0.2, -0.15) is 0 Å². The maximum atomic E-state index is 11.1. The predicted molar refractivity (Wildman–Crippen MR) is 49.6 cm³/mol. The monoisotopic (exact) mass is 203 g/mol. The van der Waals surface area contributed by atoms with Crippen LogP contribution in [0.2, 0.25) is 0 Å². The van der Waals surface area contributed by atoms with E-state index in [1.165, 1.54) is 0 Å². The fraction of sp³-hybridized carbons (Fsp3) is 0.889. The minimum absolute atomic E-state index is 0.250. The molecule has 1 heterocycles. The molecule has 5 heteroatoms. The van der Waals surface area contributed by atoms with Crippen LogP contribution in [0.4, 0.5) is 0 Å². The average molecular weight is 203 g/mol. The lowest BCUT2D eigenvalue weighted by Gasteiger charge is -2.12. The van der Waals surface area contributed by atoms with Crippen molar-refractivity contribution in [2.45, 2.75) is 18.9 Å². The number of hydrogen-bond donors (Lipinski definition) is 2. The second kappa shape index (κ2) is 5.95. The molecule has 3 N–H and O–H groups in total. The van der Waals surface area contributed by atoms with E-state index in [1.54, 1.807) is 0 Å². The van der Waals surface area contributed by atoms with E-state index in [4.69, 9.17) is 15.2 Å². The van der Waals surface area contributed by atoms with Crippen LogP contribution in [-0.4, -0.2) is 43.5 Å². The SMILES string of the molecule is NCCC(O)C(=O)OCC1CCOC1. The van der Waals surface area contributed by atoms with Crippen molar-refractivity contribution in [1.82, 2.24) is 0 Å². The fourth-order valence-electron chi connectivity index (χ4n) is 1.29. The Bertz CT molecular complexity index is 180. The Morgan fingerprint density at radius 2 is 2.50 bits per heavy atom. The lowest BCUT2D eigenvalue weighted by molar-refractivity contribution is -0.155. The van der Waals surface area contributed by atoms with Crippen molar-refractivity contribution >= 4 is 5.97 Å². The lowest BCUT2D eigenvalue weighted by Crippen LogP contribution is -2.27. The van der Waals surface area contributed by atoms with E-state index in [9.17, 15) is 9.90 Å². The molecule has 0 radical (unpaired) electrons. The summed E-state index contributed by atoms with van der Waals surface area (Å²) in [5.41, 5.74) is 5.20. The van der Waals surface area contributed by atoms with Crippen molar-refractivity contribution in [1.29, 1.82) is 0 Å². The molecule has 0 aromatic rings. The van der Waals surface area contributed by atoms with Crippen molar-refractivity contribution in [3.05, 3.63) is 0 Å². The topological polar surface area (TPSA) is 81.8 Å². The number of nitrogens with two attached hydrogens (primary N) is 1. The van der Waals surface area contributed by atoms with Gasteiger partial charge in [0.15, 0.2) is 6.10 Å². The highest BCUT2D eigenvalue weighted by Crippen LogP contribution is 2.12. The Kier molecular flexibility index (Phi) is 4.86. The minimum atomic E-state index is -1.08. The molecule has 1 aliphatic heterocycles. The van der Waals surface area contributed by atoms with Crippen LogP contribution >= 0.6 is 0 Å². The Morgan fingerprint density at radius 1 is 1.71 bits per heavy atom. The maximum Gasteiger partial charge on any atom is 0.335 e. The Hall–Kier alpha value is -0.650. The van der Waals surface area contributed by atoms with Gasteiger partial charge in [-0.15, -0.1) is 0 Å². The van der Waals surface area contributed by atoms with Crippen LogP contribution in [0, 0.1) is 5.92 Å². The Balaban J connectivity index is 2.13. The van der Waals surface area contributed by atoms with Gasteiger partial charge in [0.2, 0.25) is 0 Å². The van der Waals surface area contributed by atoms with E-state index < -0.39 is 12.1 Å². The molecule has 14 heavy (non-hydrogen) atoms. The predicted octanol–water partition coefficient (Wildman–Crippen LogP) is -0.724. The van der Waals surface area contributed by atoms with Crippen molar-refractivity contribution < 1.29 is 19.4 Å².